The molecule has 1 aliphatic heterocycles. The van der Waals surface area contributed by atoms with Crippen molar-refractivity contribution < 1.29 is 14.7 Å². The van der Waals surface area contributed by atoms with Gasteiger partial charge in [-0.25, -0.2) is 0 Å². The standard InChI is InChI=1S/C16H21NO3S/c18-14(19)9-12-21-15(13-7-3-1-4-8-13)16(20)17-10-5-2-6-11-17/h1,3-4,7-8,15H,2,5-6,9-12H2,(H,18,19)/t15-/m0/s1. The molecule has 1 atom stereocenters. The highest BCUT2D eigenvalue weighted by Gasteiger charge is 2.27. The fourth-order valence-electron chi connectivity index (χ4n) is 2.48. The molecule has 114 valence electrons. The molecule has 1 fully saturated rings. The Balaban J connectivity index is 2.06. The zero-order valence-corrected chi connectivity index (χ0v) is 12.8. The fourth-order valence-corrected chi connectivity index (χ4v) is 3.65. The maximum Gasteiger partial charge on any atom is 0.304 e. The Hall–Kier alpha value is -1.49. The number of aliphatic carboxylic acids is 1. The second kappa shape index (κ2) is 8.08. The van der Waals surface area contributed by atoms with E-state index in [1.54, 1.807) is 0 Å². The number of hydrogen-bond donors (Lipinski definition) is 1. The van der Waals surface area contributed by atoms with Crippen LogP contribution < -0.4 is 0 Å². The van der Waals surface area contributed by atoms with Gasteiger partial charge in [-0.15, -0.1) is 11.8 Å². The van der Waals surface area contributed by atoms with E-state index in [1.165, 1.54) is 18.2 Å². The first-order valence-corrected chi connectivity index (χ1v) is 8.40. The van der Waals surface area contributed by atoms with E-state index in [-0.39, 0.29) is 17.6 Å². The molecule has 21 heavy (non-hydrogen) atoms. The first kappa shape index (κ1) is 15.9. The number of carboxylic acids is 1. The zero-order valence-electron chi connectivity index (χ0n) is 12.0. The number of carboxylic acid groups (broad SMARTS) is 1. The summed E-state index contributed by atoms with van der Waals surface area (Å²) in [6.07, 6.45) is 3.40. The molecule has 1 saturated heterocycles. The number of amides is 1. The van der Waals surface area contributed by atoms with Gasteiger partial charge in [0.1, 0.15) is 5.25 Å². The van der Waals surface area contributed by atoms with Gasteiger partial charge in [-0.1, -0.05) is 30.3 Å². The lowest BCUT2D eigenvalue weighted by molar-refractivity contribution is -0.136. The van der Waals surface area contributed by atoms with Gasteiger partial charge in [0.2, 0.25) is 5.91 Å². The number of carbonyl (C=O) groups is 2. The lowest BCUT2D eigenvalue weighted by Crippen LogP contribution is -2.38. The number of rotatable bonds is 6. The third-order valence-electron chi connectivity index (χ3n) is 3.59. The van der Waals surface area contributed by atoms with Gasteiger partial charge in [0.25, 0.3) is 0 Å². The lowest BCUT2D eigenvalue weighted by Gasteiger charge is -2.30. The van der Waals surface area contributed by atoms with Crippen molar-refractivity contribution in [2.45, 2.75) is 30.9 Å². The van der Waals surface area contributed by atoms with Gasteiger partial charge in [0, 0.05) is 18.8 Å². The average Bonchev–Trinajstić information content (AvgIpc) is 2.52. The SMILES string of the molecule is O=C(O)CCS[C@H](C(=O)N1CCCCC1)c1ccccc1. The van der Waals surface area contributed by atoms with Crippen LogP contribution in [0.3, 0.4) is 0 Å². The molecule has 0 aliphatic carbocycles. The summed E-state index contributed by atoms with van der Waals surface area (Å²) < 4.78 is 0. The molecule has 1 heterocycles. The smallest absolute Gasteiger partial charge is 0.304 e. The number of benzene rings is 1. The number of hydrogen-bond acceptors (Lipinski definition) is 3. The summed E-state index contributed by atoms with van der Waals surface area (Å²) in [5, 5.41) is 8.49. The number of likely N-dealkylation sites (tertiary alicyclic amines) is 1. The van der Waals surface area contributed by atoms with E-state index in [2.05, 4.69) is 0 Å². The van der Waals surface area contributed by atoms with Crippen LogP contribution in [0, 0.1) is 0 Å². The minimum absolute atomic E-state index is 0.0846. The van der Waals surface area contributed by atoms with Crippen LogP contribution in [0.1, 0.15) is 36.5 Å². The van der Waals surface area contributed by atoms with Crippen LogP contribution in [-0.2, 0) is 9.59 Å². The highest BCUT2D eigenvalue weighted by Crippen LogP contribution is 2.32. The molecule has 0 aromatic heterocycles. The minimum atomic E-state index is -0.820. The summed E-state index contributed by atoms with van der Waals surface area (Å²) in [6.45, 7) is 1.64. The van der Waals surface area contributed by atoms with Crippen molar-refractivity contribution in [3.63, 3.8) is 0 Å². The van der Waals surface area contributed by atoms with Crippen LogP contribution in [0.15, 0.2) is 30.3 Å². The summed E-state index contributed by atoms with van der Waals surface area (Å²) in [5.41, 5.74) is 0.962. The van der Waals surface area contributed by atoms with Crippen molar-refractivity contribution in [1.82, 2.24) is 4.90 Å². The van der Waals surface area contributed by atoms with E-state index >= 15 is 0 Å². The first-order valence-electron chi connectivity index (χ1n) is 7.35. The molecule has 1 aromatic carbocycles. The number of thioether (sulfide) groups is 1. The maximum absolute atomic E-state index is 12.7. The summed E-state index contributed by atoms with van der Waals surface area (Å²) >= 11 is 1.43. The van der Waals surface area contributed by atoms with Crippen molar-refractivity contribution in [2.75, 3.05) is 18.8 Å². The average molecular weight is 307 g/mol. The molecule has 1 N–H and O–H groups in total. The molecule has 5 heteroatoms. The van der Waals surface area contributed by atoms with Crippen molar-refractivity contribution in [2.24, 2.45) is 0 Å². The summed E-state index contributed by atoms with van der Waals surface area (Å²) in [5.74, 6) is -0.245. The van der Waals surface area contributed by atoms with Crippen LogP contribution in [-0.4, -0.2) is 40.7 Å². The molecular weight excluding hydrogens is 286 g/mol. The van der Waals surface area contributed by atoms with Crippen LogP contribution in [0.4, 0.5) is 0 Å². The third kappa shape index (κ3) is 4.77. The Morgan fingerprint density at radius 1 is 1.14 bits per heavy atom. The van der Waals surface area contributed by atoms with Gasteiger partial charge in [-0.3, -0.25) is 9.59 Å². The molecule has 0 spiro atoms. The summed E-state index contributed by atoms with van der Waals surface area (Å²) in [4.78, 5) is 25.3. The van der Waals surface area contributed by atoms with E-state index in [0.29, 0.717) is 5.75 Å². The van der Waals surface area contributed by atoms with Crippen molar-refractivity contribution >= 4 is 23.6 Å². The molecule has 0 radical (unpaired) electrons. The molecule has 4 nitrogen and oxygen atoms in total. The monoisotopic (exact) mass is 307 g/mol. The molecule has 2 rings (SSSR count). The van der Waals surface area contributed by atoms with E-state index in [0.717, 1.165) is 31.5 Å². The van der Waals surface area contributed by atoms with E-state index in [4.69, 9.17) is 5.11 Å². The van der Waals surface area contributed by atoms with Gasteiger partial charge in [0.15, 0.2) is 0 Å². The quantitative estimate of drug-likeness (QED) is 0.878. The Morgan fingerprint density at radius 2 is 1.81 bits per heavy atom. The molecule has 1 amide bonds. The van der Waals surface area contributed by atoms with Crippen molar-refractivity contribution in [1.29, 1.82) is 0 Å². The van der Waals surface area contributed by atoms with Crippen LogP contribution in [0.5, 0.6) is 0 Å². The zero-order chi connectivity index (χ0) is 15.1. The van der Waals surface area contributed by atoms with Crippen molar-refractivity contribution in [3.8, 4) is 0 Å². The third-order valence-corrected chi connectivity index (χ3v) is 4.84. The maximum atomic E-state index is 12.7. The first-order chi connectivity index (χ1) is 10.2. The Labute approximate surface area is 129 Å². The number of carbonyl (C=O) groups excluding carboxylic acids is 1. The van der Waals surface area contributed by atoms with Gasteiger partial charge in [-0.2, -0.15) is 0 Å². The van der Waals surface area contributed by atoms with E-state index < -0.39 is 5.97 Å². The second-order valence-electron chi connectivity index (χ2n) is 5.19. The molecule has 0 unspecified atom stereocenters. The van der Waals surface area contributed by atoms with Gasteiger partial charge in [-0.05, 0) is 24.8 Å². The van der Waals surface area contributed by atoms with E-state index in [9.17, 15) is 9.59 Å². The Morgan fingerprint density at radius 3 is 2.43 bits per heavy atom. The normalized spacial score (nSPS) is 16.5. The van der Waals surface area contributed by atoms with Crippen LogP contribution >= 0.6 is 11.8 Å². The number of piperidine rings is 1. The predicted octanol–water partition coefficient (Wildman–Crippen LogP) is 2.95. The Bertz CT molecular complexity index is 472. The van der Waals surface area contributed by atoms with Crippen molar-refractivity contribution in [3.05, 3.63) is 35.9 Å². The molecule has 1 aromatic rings. The second-order valence-corrected chi connectivity index (χ2v) is 6.40. The molecule has 0 bridgehead atoms. The molecular formula is C16H21NO3S. The highest BCUT2D eigenvalue weighted by atomic mass is 32.2. The van der Waals surface area contributed by atoms with Gasteiger partial charge in [0.05, 0.1) is 6.42 Å². The minimum Gasteiger partial charge on any atom is -0.481 e. The lowest BCUT2D eigenvalue weighted by atomic mass is 10.1. The predicted molar refractivity (Wildman–Crippen MR) is 84.3 cm³/mol. The fraction of sp³-hybridized carbons (Fsp3) is 0.500. The van der Waals surface area contributed by atoms with Gasteiger partial charge >= 0.3 is 5.97 Å². The summed E-state index contributed by atoms with van der Waals surface area (Å²) in [7, 11) is 0. The molecule has 0 saturated carbocycles. The molecule has 1 aliphatic rings. The topological polar surface area (TPSA) is 57.6 Å². The Kier molecular flexibility index (Phi) is 6.11. The highest BCUT2D eigenvalue weighted by molar-refractivity contribution is 8.00. The van der Waals surface area contributed by atoms with Crippen LogP contribution in [0.2, 0.25) is 0 Å². The van der Waals surface area contributed by atoms with Crippen LogP contribution in [0.25, 0.3) is 0 Å². The largest absolute Gasteiger partial charge is 0.481 e. The number of nitrogens with zero attached hydrogens (tertiary/aromatic N) is 1. The van der Waals surface area contributed by atoms with E-state index in [1.807, 2.05) is 35.2 Å². The summed E-state index contributed by atoms with van der Waals surface area (Å²) in [6, 6.07) is 9.65. The van der Waals surface area contributed by atoms with Gasteiger partial charge < -0.3 is 10.0 Å².